The van der Waals surface area contributed by atoms with Gasteiger partial charge in [0.2, 0.25) is 0 Å². The third kappa shape index (κ3) is 3.12. The van der Waals surface area contributed by atoms with Crippen LogP contribution in [0.2, 0.25) is 0 Å². The van der Waals surface area contributed by atoms with Crippen LogP contribution in [0.3, 0.4) is 0 Å². The normalized spacial score (nSPS) is 16.5. The lowest BCUT2D eigenvalue weighted by Crippen LogP contribution is -2.29. The van der Waals surface area contributed by atoms with Crippen molar-refractivity contribution in [3.05, 3.63) is 94.5 Å². The van der Waals surface area contributed by atoms with Gasteiger partial charge in [0.15, 0.2) is 0 Å². The summed E-state index contributed by atoms with van der Waals surface area (Å²) in [5, 5.41) is 12.2. The number of hydrogen-bond donors (Lipinski definition) is 2. The molecule has 0 saturated carbocycles. The van der Waals surface area contributed by atoms with E-state index in [2.05, 4.69) is 29.6 Å². The molecule has 30 heavy (non-hydrogen) atoms. The van der Waals surface area contributed by atoms with E-state index in [0.717, 1.165) is 24.0 Å². The Hall–Kier alpha value is -3.60. The second-order valence-electron chi connectivity index (χ2n) is 7.78. The first-order valence-corrected chi connectivity index (χ1v) is 10.1. The molecular weight excluding hydrogens is 378 g/mol. The maximum atomic E-state index is 12.6. The summed E-state index contributed by atoms with van der Waals surface area (Å²) in [6.07, 6.45) is 1.07. The van der Waals surface area contributed by atoms with Crippen LogP contribution in [0.1, 0.15) is 51.0 Å². The van der Waals surface area contributed by atoms with Gasteiger partial charge in [-0.25, -0.2) is 9.59 Å². The van der Waals surface area contributed by atoms with Crippen LogP contribution in [0.4, 0.5) is 4.79 Å². The molecule has 5 heteroatoms. The molecule has 0 spiro atoms. The van der Waals surface area contributed by atoms with Gasteiger partial charge in [0.05, 0.1) is 11.6 Å². The summed E-state index contributed by atoms with van der Waals surface area (Å²) >= 11 is 0. The van der Waals surface area contributed by atoms with Gasteiger partial charge in [-0.3, -0.25) is 0 Å². The van der Waals surface area contributed by atoms with E-state index in [9.17, 15) is 14.7 Å². The summed E-state index contributed by atoms with van der Waals surface area (Å²) < 4.78 is 5.63. The van der Waals surface area contributed by atoms with Crippen molar-refractivity contribution in [1.29, 1.82) is 0 Å². The molecule has 5 nitrogen and oxygen atoms in total. The van der Waals surface area contributed by atoms with Gasteiger partial charge in [-0.2, -0.15) is 0 Å². The minimum Gasteiger partial charge on any atom is -0.478 e. The molecule has 1 amide bonds. The minimum atomic E-state index is -0.968. The standard InChI is InChI=1S/C25H21NO4/c27-24(28)16-10-9-15-11-12-23(21(15)13-16)26-25(29)30-14-22-19-7-3-1-5-17(19)18-6-2-4-8-20(18)22/h1-10,13,22-23H,11-12,14H2,(H,26,29)(H,27,28). The van der Waals surface area contributed by atoms with E-state index in [1.807, 2.05) is 30.3 Å². The van der Waals surface area contributed by atoms with Gasteiger partial charge >= 0.3 is 12.1 Å². The summed E-state index contributed by atoms with van der Waals surface area (Å²) in [5.41, 5.74) is 6.89. The van der Waals surface area contributed by atoms with Gasteiger partial charge in [-0.05, 0) is 58.4 Å². The predicted octanol–water partition coefficient (Wildman–Crippen LogP) is 4.91. The number of benzene rings is 3. The monoisotopic (exact) mass is 399 g/mol. The number of fused-ring (bicyclic) bond motifs is 4. The Morgan fingerprint density at radius 2 is 1.60 bits per heavy atom. The molecule has 1 unspecified atom stereocenters. The van der Waals surface area contributed by atoms with E-state index >= 15 is 0 Å². The fourth-order valence-electron chi connectivity index (χ4n) is 4.67. The van der Waals surface area contributed by atoms with Gasteiger partial charge in [0.1, 0.15) is 6.61 Å². The van der Waals surface area contributed by atoms with E-state index < -0.39 is 12.1 Å². The Bertz CT molecular complexity index is 1110. The van der Waals surface area contributed by atoms with Crippen molar-refractivity contribution in [2.24, 2.45) is 0 Å². The Labute approximate surface area is 174 Å². The van der Waals surface area contributed by atoms with Crippen molar-refractivity contribution >= 4 is 12.1 Å². The highest BCUT2D eigenvalue weighted by Gasteiger charge is 2.30. The number of nitrogens with one attached hydrogen (secondary N) is 1. The molecule has 3 aromatic rings. The smallest absolute Gasteiger partial charge is 0.407 e. The third-order valence-electron chi connectivity index (χ3n) is 6.11. The summed E-state index contributed by atoms with van der Waals surface area (Å²) in [7, 11) is 0. The number of carbonyl (C=O) groups is 2. The third-order valence-corrected chi connectivity index (χ3v) is 6.11. The largest absolute Gasteiger partial charge is 0.478 e. The molecule has 0 heterocycles. The molecule has 0 bridgehead atoms. The van der Waals surface area contributed by atoms with Crippen LogP contribution >= 0.6 is 0 Å². The Morgan fingerprint density at radius 3 is 2.27 bits per heavy atom. The Balaban J connectivity index is 1.30. The highest BCUT2D eigenvalue weighted by atomic mass is 16.5. The fraction of sp³-hybridized carbons (Fsp3) is 0.200. The molecule has 3 aromatic carbocycles. The quantitative estimate of drug-likeness (QED) is 0.654. The van der Waals surface area contributed by atoms with E-state index in [-0.39, 0.29) is 24.1 Å². The SMILES string of the molecule is O=C(NC1CCc2ccc(C(=O)O)cc21)OCC1c2ccccc2-c2ccccc21. The Morgan fingerprint density at radius 1 is 0.933 bits per heavy atom. The maximum absolute atomic E-state index is 12.6. The zero-order valence-corrected chi connectivity index (χ0v) is 16.3. The number of hydrogen-bond acceptors (Lipinski definition) is 3. The lowest BCUT2D eigenvalue weighted by molar-refractivity contribution is 0.0696. The zero-order valence-electron chi connectivity index (χ0n) is 16.3. The number of alkyl carbamates (subject to hydrolysis) is 1. The van der Waals surface area contributed by atoms with Crippen LogP contribution in [-0.4, -0.2) is 23.8 Å². The topological polar surface area (TPSA) is 75.6 Å². The van der Waals surface area contributed by atoms with Gasteiger partial charge in [0, 0.05) is 5.92 Å². The molecule has 0 saturated heterocycles. The van der Waals surface area contributed by atoms with Crippen molar-refractivity contribution in [1.82, 2.24) is 5.32 Å². The molecule has 2 N–H and O–H groups in total. The van der Waals surface area contributed by atoms with Crippen LogP contribution in [0.25, 0.3) is 11.1 Å². The molecule has 2 aliphatic carbocycles. The number of aryl methyl sites for hydroxylation is 1. The van der Waals surface area contributed by atoms with Crippen molar-refractivity contribution in [3.8, 4) is 11.1 Å². The van der Waals surface area contributed by atoms with Crippen molar-refractivity contribution in [2.45, 2.75) is 24.8 Å². The predicted molar refractivity (Wildman–Crippen MR) is 113 cm³/mol. The van der Waals surface area contributed by atoms with Crippen LogP contribution in [-0.2, 0) is 11.2 Å². The lowest BCUT2D eigenvalue weighted by Gasteiger charge is -2.17. The summed E-state index contributed by atoms with van der Waals surface area (Å²) in [6, 6.07) is 21.3. The first-order chi connectivity index (χ1) is 14.6. The summed E-state index contributed by atoms with van der Waals surface area (Å²) in [5.74, 6) is -0.956. The van der Waals surface area contributed by atoms with Crippen molar-refractivity contribution < 1.29 is 19.4 Å². The molecule has 0 radical (unpaired) electrons. The van der Waals surface area contributed by atoms with E-state index in [1.54, 1.807) is 12.1 Å². The molecule has 150 valence electrons. The van der Waals surface area contributed by atoms with E-state index in [4.69, 9.17) is 4.74 Å². The average molecular weight is 399 g/mol. The van der Waals surface area contributed by atoms with Gasteiger partial charge in [-0.1, -0.05) is 54.6 Å². The van der Waals surface area contributed by atoms with Crippen molar-refractivity contribution in [2.75, 3.05) is 6.61 Å². The first-order valence-electron chi connectivity index (χ1n) is 10.1. The number of ether oxygens (including phenoxy) is 1. The van der Waals surface area contributed by atoms with Crippen LogP contribution in [0, 0.1) is 0 Å². The van der Waals surface area contributed by atoms with E-state index in [0.29, 0.717) is 0 Å². The van der Waals surface area contributed by atoms with Gasteiger partial charge < -0.3 is 15.2 Å². The number of aromatic carboxylic acids is 1. The number of carboxylic acids is 1. The first kappa shape index (κ1) is 18.4. The van der Waals surface area contributed by atoms with Crippen LogP contribution < -0.4 is 5.32 Å². The Kier molecular flexibility index (Phi) is 4.51. The zero-order chi connectivity index (χ0) is 20.7. The molecule has 1 atom stereocenters. The lowest BCUT2D eigenvalue weighted by atomic mass is 9.98. The van der Waals surface area contributed by atoms with Gasteiger partial charge in [0.25, 0.3) is 0 Å². The highest BCUT2D eigenvalue weighted by molar-refractivity contribution is 5.88. The van der Waals surface area contributed by atoms with Crippen LogP contribution in [0.15, 0.2) is 66.7 Å². The number of carboxylic acid groups (broad SMARTS) is 1. The molecule has 0 aromatic heterocycles. The highest BCUT2D eigenvalue weighted by Crippen LogP contribution is 2.44. The fourth-order valence-corrected chi connectivity index (χ4v) is 4.67. The van der Waals surface area contributed by atoms with Crippen LogP contribution in [0.5, 0.6) is 0 Å². The average Bonchev–Trinajstić information content (AvgIpc) is 3.31. The number of amides is 1. The second kappa shape index (κ2) is 7.34. The molecule has 0 aliphatic heterocycles. The minimum absolute atomic E-state index is 0.0117. The second-order valence-corrected chi connectivity index (χ2v) is 7.78. The molecule has 0 fully saturated rings. The van der Waals surface area contributed by atoms with Crippen molar-refractivity contribution in [3.63, 3.8) is 0 Å². The molecular formula is C25H21NO4. The van der Waals surface area contributed by atoms with E-state index in [1.165, 1.54) is 22.3 Å². The summed E-state index contributed by atoms with van der Waals surface area (Å²) in [6.45, 7) is 0.259. The number of rotatable bonds is 4. The number of carbonyl (C=O) groups excluding carboxylic acids is 1. The summed E-state index contributed by atoms with van der Waals surface area (Å²) in [4.78, 5) is 23.8. The maximum Gasteiger partial charge on any atom is 0.407 e. The van der Waals surface area contributed by atoms with Gasteiger partial charge in [-0.15, -0.1) is 0 Å². The molecule has 2 aliphatic rings. The molecule has 5 rings (SSSR count).